The number of rotatable bonds is 1. The van der Waals surface area contributed by atoms with Gasteiger partial charge in [0.2, 0.25) is 5.95 Å². The minimum atomic E-state index is 0.180. The van der Waals surface area contributed by atoms with Gasteiger partial charge in [0.1, 0.15) is 5.82 Å². The number of nitrogens with zero attached hydrogens (tertiary/aromatic N) is 2. The molecule has 0 atom stereocenters. The van der Waals surface area contributed by atoms with Gasteiger partial charge in [0.25, 0.3) is 0 Å². The molecule has 0 spiro atoms. The van der Waals surface area contributed by atoms with Crippen LogP contribution in [0.25, 0.3) is 0 Å². The fraction of sp³-hybridized carbons (Fsp3) is 0.167. The fourth-order valence-corrected chi connectivity index (χ4v) is 1.47. The fourth-order valence-electron chi connectivity index (χ4n) is 0.632. The zero-order valence-corrected chi connectivity index (χ0v) is 8.08. The number of thiocarbonyl (C=S) groups is 1. The summed E-state index contributed by atoms with van der Waals surface area (Å²) >= 11 is 6.25. The first-order valence-electron chi connectivity index (χ1n) is 3.16. The van der Waals surface area contributed by atoms with Gasteiger partial charge >= 0.3 is 0 Å². The standard InChI is InChI=1S/C6H8N4S2/c1-3(11)12-4-2-9-6(8)10-5(4)7/h2H,1H3,(H4,7,8,9,10). The van der Waals surface area contributed by atoms with Crippen molar-refractivity contribution >= 4 is 39.9 Å². The molecule has 0 saturated heterocycles. The number of hydrogen-bond donors (Lipinski definition) is 2. The second-order valence-electron chi connectivity index (χ2n) is 2.07. The Morgan fingerprint density at radius 1 is 1.58 bits per heavy atom. The first-order valence-corrected chi connectivity index (χ1v) is 4.38. The smallest absolute Gasteiger partial charge is 0.221 e. The predicted octanol–water partition coefficient (Wildman–Crippen LogP) is 1.08. The number of hydrogen-bond acceptors (Lipinski definition) is 6. The van der Waals surface area contributed by atoms with Crippen molar-refractivity contribution < 1.29 is 0 Å². The number of nitrogen functional groups attached to an aromatic ring is 2. The summed E-state index contributed by atoms with van der Waals surface area (Å²) in [6, 6.07) is 0. The Morgan fingerprint density at radius 2 is 2.25 bits per heavy atom. The van der Waals surface area contributed by atoms with Crippen molar-refractivity contribution in [1.82, 2.24) is 9.97 Å². The molecule has 1 rings (SSSR count). The summed E-state index contributed by atoms with van der Waals surface area (Å²) in [5, 5.41) is 0. The first-order chi connectivity index (χ1) is 5.59. The molecule has 4 N–H and O–H groups in total. The van der Waals surface area contributed by atoms with Crippen LogP contribution in [-0.2, 0) is 0 Å². The number of thioether (sulfide) groups is 1. The molecule has 12 heavy (non-hydrogen) atoms. The molecule has 0 amide bonds. The topological polar surface area (TPSA) is 77.8 Å². The van der Waals surface area contributed by atoms with Crippen molar-refractivity contribution in [2.45, 2.75) is 11.8 Å². The highest BCUT2D eigenvalue weighted by molar-refractivity contribution is 8.23. The maximum absolute atomic E-state index is 5.56. The molecular formula is C6H8N4S2. The maximum atomic E-state index is 5.56. The van der Waals surface area contributed by atoms with Gasteiger partial charge in [0.05, 0.1) is 4.90 Å². The van der Waals surface area contributed by atoms with E-state index in [2.05, 4.69) is 9.97 Å². The first kappa shape index (κ1) is 9.21. The largest absolute Gasteiger partial charge is 0.383 e. The minimum Gasteiger partial charge on any atom is -0.383 e. The van der Waals surface area contributed by atoms with Crippen molar-refractivity contribution in [3.63, 3.8) is 0 Å². The molecule has 4 nitrogen and oxygen atoms in total. The Morgan fingerprint density at radius 3 is 2.75 bits per heavy atom. The molecule has 0 aliphatic rings. The lowest BCUT2D eigenvalue weighted by Crippen LogP contribution is -2.00. The third-order valence-corrected chi connectivity index (χ3v) is 2.13. The van der Waals surface area contributed by atoms with Crippen LogP contribution in [0.4, 0.5) is 11.8 Å². The number of aromatic nitrogens is 2. The van der Waals surface area contributed by atoms with Gasteiger partial charge in [-0.1, -0.05) is 24.0 Å². The summed E-state index contributed by atoms with van der Waals surface area (Å²) < 4.78 is 0.773. The third-order valence-electron chi connectivity index (χ3n) is 1.06. The molecule has 0 aliphatic carbocycles. The van der Waals surface area contributed by atoms with Gasteiger partial charge in [0, 0.05) is 10.4 Å². The Kier molecular flexibility index (Phi) is 2.83. The number of nitrogens with two attached hydrogens (primary N) is 2. The van der Waals surface area contributed by atoms with Gasteiger partial charge in [0.15, 0.2) is 0 Å². The summed E-state index contributed by atoms with van der Waals surface area (Å²) in [6.45, 7) is 1.82. The van der Waals surface area contributed by atoms with E-state index >= 15 is 0 Å². The van der Waals surface area contributed by atoms with Crippen molar-refractivity contribution in [2.24, 2.45) is 0 Å². The Labute approximate surface area is 79.8 Å². The zero-order chi connectivity index (χ0) is 9.14. The Hall–Kier alpha value is -0.880. The predicted molar refractivity (Wildman–Crippen MR) is 55.0 cm³/mol. The van der Waals surface area contributed by atoms with E-state index in [9.17, 15) is 0 Å². The van der Waals surface area contributed by atoms with Crippen LogP contribution in [0.5, 0.6) is 0 Å². The molecule has 0 aromatic carbocycles. The summed E-state index contributed by atoms with van der Waals surface area (Å²) in [6.07, 6.45) is 1.57. The van der Waals surface area contributed by atoms with Crippen LogP contribution in [0.2, 0.25) is 0 Å². The van der Waals surface area contributed by atoms with Crippen LogP contribution in [0.1, 0.15) is 6.92 Å². The molecule has 0 radical (unpaired) electrons. The Bertz CT molecular complexity index is 312. The van der Waals surface area contributed by atoms with E-state index in [4.69, 9.17) is 23.7 Å². The molecule has 0 aliphatic heterocycles. The van der Waals surface area contributed by atoms with E-state index in [0.29, 0.717) is 5.82 Å². The van der Waals surface area contributed by atoms with E-state index in [1.165, 1.54) is 11.8 Å². The quantitative estimate of drug-likeness (QED) is 0.522. The van der Waals surface area contributed by atoms with Crippen molar-refractivity contribution in [3.05, 3.63) is 6.20 Å². The molecule has 1 aromatic rings. The molecule has 0 fully saturated rings. The SMILES string of the molecule is CC(=S)Sc1cnc(N)nc1N. The highest BCUT2D eigenvalue weighted by Gasteiger charge is 2.03. The molecule has 6 heteroatoms. The van der Waals surface area contributed by atoms with Crippen molar-refractivity contribution in [2.75, 3.05) is 11.5 Å². The average Bonchev–Trinajstić information content (AvgIpc) is 1.94. The highest BCUT2D eigenvalue weighted by Crippen LogP contribution is 2.23. The second kappa shape index (κ2) is 3.68. The summed E-state index contributed by atoms with van der Waals surface area (Å²) in [4.78, 5) is 8.34. The molecule has 0 saturated carbocycles. The zero-order valence-electron chi connectivity index (χ0n) is 6.44. The van der Waals surface area contributed by atoms with Crippen LogP contribution in [0.15, 0.2) is 11.1 Å². The van der Waals surface area contributed by atoms with Crippen LogP contribution >= 0.6 is 24.0 Å². The van der Waals surface area contributed by atoms with Gasteiger partial charge in [-0.3, -0.25) is 0 Å². The lowest BCUT2D eigenvalue weighted by molar-refractivity contribution is 1.13. The molecule has 0 unspecified atom stereocenters. The summed E-state index contributed by atoms with van der Waals surface area (Å²) in [7, 11) is 0. The van der Waals surface area contributed by atoms with E-state index < -0.39 is 0 Å². The minimum absolute atomic E-state index is 0.180. The van der Waals surface area contributed by atoms with Crippen molar-refractivity contribution in [1.29, 1.82) is 0 Å². The van der Waals surface area contributed by atoms with E-state index in [0.717, 1.165) is 9.09 Å². The van der Waals surface area contributed by atoms with Crippen LogP contribution in [0, 0.1) is 0 Å². The molecule has 64 valence electrons. The molecule has 1 heterocycles. The number of anilines is 2. The second-order valence-corrected chi connectivity index (χ2v) is 4.20. The summed E-state index contributed by atoms with van der Waals surface area (Å²) in [5.74, 6) is 0.551. The van der Waals surface area contributed by atoms with Crippen LogP contribution < -0.4 is 11.5 Å². The lowest BCUT2D eigenvalue weighted by Gasteiger charge is -2.01. The average molecular weight is 200 g/mol. The lowest BCUT2D eigenvalue weighted by atomic mass is 10.6. The monoisotopic (exact) mass is 200 g/mol. The maximum Gasteiger partial charge on any atom is 0.221 e. The summed E-state index contributed by atoms with van der Waals surface area (Å²) in [5.41, 5.74) is 10.9. The highest BCUT2D eigenvalue weighted by atomic mass is 32.2. The van der Waals surface area contributed by atoms with E-state index in [1.807, 2.05) is 6.92 Å². The van der Waals surface area contributed by atoms with Crippen molar-refractivity contribution in [3.8, 4) is 0 Å². The van der Waals surface area contributed by atoms with Gasteiger partial charge < -0.3 is 11.5 Å². The molecule has 1 aromatic heterocycles. The molecular weight excluding hydrogens is 192 g/mol. The van der Waals surface area contributed by atoms with Gasteiger partial charge in [-0.05, 0) is 6.92 Å². The molecule has 0 bridgehead atoms. The van der Waals surface area contributed by atoms with E-state index in [-0.39, 0.29) is 5.95 Å². The van der Waals surface area contributed by atoms with E-state index in [1.54, 1.807) is 6.20 Å². The Balaban J connectivity index is 2.93. The van der Waals surface area contributed by atoms with Crippen LogP contribution in [0.3, 0.4) is 0 Å². The third kappa shape index (κ3) is 2.31. The normalized spacial score (nSPS) is 9.75. The van der Waals surface area contributed by atoms with Crippen LogP contribution in [-0.4, -0.2) is 14.2 Å². The van der Waals surface area contributed by atoms with Gasteiger partial charge in [-0.15, -0.1) is 0 Å². The van der Waals surface area contributed by atoms with Gasteiger partial charge in [-0.25, -0.2) is 4.98 Å². The van der Waals surface area contributed by atoms with Gasteiger partial charge in [-0.2, -0.15) is 4.98 Å².